The molecular weight excluding hydrogens is 350 g/mol. The number of alkyl halides is 3. The van der Waals surface area contributed by atoms with Crippen molar-refractivity contribution >= 4 is 5.96 Å². The van der Waals surface area contributed by atoms with Gasteiger partial charge in [-0.1, -0.05) is 18.6 Å². The van der Waals surface area contributed by atoms with Gasteiger partial charge in [0.05, 0.1) is 18.6 Å². The first-order valence-corrected chi connectivity index (χ1v) is 8.84. The van der Waals surface area contributed by atoms with Gasteiger partial charge < -0.3 is 15.7 Å². The molecule has 2 rings (SSSR count). The molecule has 0 aliphatic heterocycles. The fourth-order valence-corrected chi connectivity index (χ4v) is 3.10. The molecule has 0 radical (unpaired) electrons. The van der Waals surface area contributed by atoms with E-state index in [0.717, 1.165) is 0 Å². The molecule has 3 unspecified atom stereocenters. The number of nitrogens with one attached hydrogen (secondary N) is 2. The molecule has 8 heteroatoms. The standard InChI is InChI=1S/C18H25F4N3O/c1-2-23-17(24-11-16(26)12-6-8-14(19)9-7-12)25-15-5-3-4-13(10-15)18(20,21)22/h6-9,13,15-16,26H,2-5,10-11H2,1H3,(H2,23,24,25). The number of hydrogen-bond acceptors (Lipinski definition) is 2. The van der Waals surface area contributed by atoms with E-state index in [0.29, 0.717) is 30.9 Å². The van der Waals surface area contributed by atoms with Crippen molar-refractivity contribution in [1.29, 1.82) is 0 Å². The highest BCUT2D eigenvalue weighted by Gasteiger charge is 2.42. The summed E-state index contributed by atoms with van der Waals surface area (Å²) in [4.78, 5) is 4.26. The summed E-state index contributed by atoms with van der Waals surface area (Å²) in [6, 6.07) is 5.16. The predicted molar refractivity (Wildman–Crippen MR) is 92.3 cm³/mol. The maximum absolute atomic E-state index is 12.9. The largest absolute Gasteiger partial charge is 0.391 e. The van der Waals surface area contributed by atoms with Crippen LogP contribution in [-0.4, -0.2) is 36.4 Å². The second-order valence-electron chi connectivity index (χ2n) is 6.53. The zero-order valence-corrected chi connectivity index (χ0v) is 14.7. The molecule has 1 saturated carbocycles. The Labute approximate surface area is 150 Å². The predicted octanol–water partition coefficient (Wildman–Crippen LogP) is 3.54. The molecule has 146 valence electrons. The topological polar surface area (TPSA) is 56.7 Å². The molecule has 0 heterocycles. The minimum atomic E-state index is -4.17. The van der Waals surface area contributed by atoms with Crippen LogP contribution in [0.3, 0.4) is 0 Å². The van der Waals surface area contributed by atoms with Gasteiger partial charge in [-0.3, -0.25) is 4.99 Å². The normalized spacial score (nSPS) is 22.8. The lowest BCUT2D eigenvalue weighted by Gasteiger charge is -2.32. The number of benzene rings is 1. The molecule has 1 aromatic carbocycles. The molecular formula is C18H25F4N3O. The van der Waals surface area contributed by atoms with E-state index in [9.17, 15) is 22.7 Å². The second-order valence-corrected chi connectivity index (χ2v) is 6.53. The summed E-state index contributed by atoms with van der Waals surface area (Å²) in [6.45, 7) is 2.43. The smallest absolute Gasteiger partial charge is 0.386 e. The Morgan fingerprint density at radius 2 is 1.96 bits per heavy atom. The zero-order chi connectivity index (χ0) is 19.2. The molecule has 1 aliphatic carbocycles. The van der Waals surface area contributed by atoms with Gasteiger partial charge in [0.1, 0.15) is 5.82 Å². The third kappa shape index (κ3) is 6.16. The average Bonchev–Trinajstić information content (AvgIpc) is 2.60. The third-order valence-electron chi connectivity index (χ3n) is 4.50. The van der Waals surface area contributed by atoms with Crippen LogP contribution in [0, 0.1) is 11.7 Å². The highest BCUT2D eigenvalue weighted by molar-refractivity contribution is 5.80. The molecule has 0 spiro atoms. The van der Waals surface area contributed by atoms with Gasteiger partial charge in [0.25, 0.3) is 0 Å². The summed E-state index contributed by atoms with van der Waals surface area (Å²) in [5.41, 5.74) is 0.529. The van der Waals surface area contributed by atoms with Crippen molar-refractivity contribution in [1.82, 2.24) is 10.6 Å². The van der Waals surface area contributed by atoms with Crippen LogP contribution in [-0.2, 0) is 0 Å². The van der Waals surface area contributed by atoms with Gasteiger partial charge in [-0.05, 0) is 43.9 Å². The van der Waals surface area contributed by atoms with Crippen LogP contribution >= 0.6 is 0 Å². The van der Waals surface area contributed by atoms with Crippen LogP contribution in [0.1, 0.15) is 44.3 Å². The van der Waals surface area contributed by atoms with Crippen molar-refractivity contribution in [3.05, 3.63) is 35.6 Å². The Hall–Kier alpha value is -1.83. The summed E-state index contributed by atoms with van der Waals surface area (Å²) < 4.78 is 51.7. The van der Waals surface area contributed by atoms with Gasteiger partial charge in [0.2, 0.25) is 0 Å². The van der Waals surface area contributed by atoms with Crippen molar-refractivity contribution in [2.75, 3.05) is 13.1 Å². The zero-order valence-electron chi connectivity index (χ0n) is 14.7. The average molecular weight is 375 g/mol. The van der Waals surface area contributed by atoms with Gasteiger partial charge in [0.15, 0.2) is 5.96 Å². The number of aliphatic hydroxyl groups excluding tert-OH is 1. The number of hydrogen-bond donors (Lipinski definition) is 3. The summed E-state index contributed by atoms with van der Waals surface area (Å²) in [5.74, 6) is -1.31. The van der Waals surface area contributed by atoms with E-state index in [4.69, 9.17) is 0 Å². The van der Waals surface area contributed by atoms with Crippen LogP contribution in [0.2, 0.25) is 0 Å². The summed E-state index contributed by atoms with van der Waals surface area (Å²) in [7, 11) is 0. The molecule has 1 aromatic rings. The van der Waals surface area contributed by atoms with Crippen LogP contribution in [0.4, 0.5) is 17.6 Å². The highest BCUT2D eigenvalue weighted by atomic mass is 19.4. The number of aliphatic imine (C=N–C) groups is 1. The molecule has 3 N–H and O–H groups in total. The third-order valence-corrected chi connectivity index (χ3v) is 4.50. The summed E-state index contributed by atoms with van der Waals surface area (Å²) in [5, 5.41) is 16.2. The maximum Gasteiger partial charge on any atom is 0.391 e. The first-order valence-electron chi connectivity index (χ1n) is 8.84. The second kappa shape index (κ2) is 9.21. The lowest BCUT2D eigenvalue weighted by atomic mass is 9.85. The Bertz CT molecular complexity index is 589. The van der Waals surface area contributed by atoms with Crippen molar-refractivity contribution < 1.29 is 22.7 Å². The summed E-state index contributed by atoms with van der Waals surface area (Å²) >= 11 is 0. The number of halogens is 4. The quantitative estimate of drug-likeness (QED) is 0.419. The minimum Gasteiger partial charge on any atom is -0.386 e. The van der Waals surface area contributed by atoms with E-state index in [1.165, 1.54) is 24.3 Å². The molecule has 26 heavy (non-hydrogen) atoms. The molecule has 0 amide bonds. The lowest BCUT2D eigenvalue weighted by Crippen LogP contribution is -2.47. The van der Waals surface area contributed by atoms with Gasteiger partial charge >= 0.3 is 6.18 Å². The number of rotatable bonds is 5. The fraction of sp³-hybridized carbons (Fsp3) is 0.611. The van der Waals surface area contributed by atoms with Crippen LogP contribution in [0.15, 0.2) is 29.3 Å². The van der Waals surface area contributed by atoms with Gasteiger partial charge in [-0.2, -0.15) is 13.2 Å². The van der Waals surface area contributed by atoms with Crippen LogP contribution in [0.25, 0.3) is 0 Å². The molecule has 0 saturated heterocycles. The molecule has 3 atom stereocenters. The Kier molecular flexibility index (Phi) is 7.25. The summed E-state index contributed by atoms with van der Waals surface area (Å²) in [6.07, 6.45) is -3.74. The number of nitrogens with zero attached hydrogens (tertiary/aromatic N) is 1. The number of guanidine groups is 1. The monoisotopic (exact) mass is 375 g/mol. The first kappa shape index (κ1) is 20.5. The number of aliphatic hydroxyl groups is 1. The molecule has 1 aliphatic rings. The lowest BCUT2D eigenvalue weighted by molar-refractivity contribution is -0.183. The molecule has 0 bridgehead atoms. The molecule has 4 nitrogen and oxygen atoms in total. The fourth-order valence-electron chi connectivity index (χ4n) is 3.10. The van der Waals surface area contributed by atoms with Crippen LogP contribution in [0.5, 0.6) is 0 Å². The van der Waals surface area contributed by atoms with Gasteiger partial charge in [0, 0.05) is 12.6 Å². The van der Waals surface area contributed by atoms with Crippen LogP contribution < -0.4 is 10.6 Å². The van der Waals surface area contributed by atoms with Crippen molar-refractivity contribution in [2.45, 2.75) is 50.9 Å². The first-order chi connectivity index (χ1) is 12.3. The van der Waals surface area contributed by atoms with Crippen molar-refractivity contribution in [3.63, 3.8) is 0 Å². The maximum atomic E-state index is 12.9. The highest BCUT2D eigenvalue weighted by Crippen LogP contribution is 2.37. The van der Waals surface area contributed by atoms with E-state index in [-0.39, 0.29) is 25.4 Å². The van der Waals surface area contributed by atoms with Crippen molar-refractivity contribution in [2.24, 2.45) is 10.9 Å². The van der Waals surface area contributed by atoms with E-state index >= 15 is 0 Å². The molecule has 0 aromatic heterocycles. The molecule has 1 fully saturated rings. The Balaban J connectivity index is 1.96. The van der Waals surface area contributed by atoms with E-state index in [1.807, 2.05) is 6.92 Å². The van der Waals surface area contributed by atoms with E-state index < -0.39 is 24.0 Å². The van der Waals surface area contributed by atoms with Gasteiger partial charge in [-0.25, -0.2) is 4.39 Å². The minimum absolute atomic E-state index is 0.0223. The van der Waals surface area contributed by atoms with E-state index in [2.05, 4.69) is 15.6 Å². The van der Waals surface area contributed by atoms with Crippen molar-refractivity contribution in [3.8, 4) is 0 Å². The van der Waals surface area contributed by atoms with Gasteiger partial charge in [-0.15, -0.1) is 0 Å². The SMILES string of the molecule is CCNC(=NCC(O)c1ccc(F)cc1)NC1CCCC(C(F)(F)F)C1. The Morgan fingerprint density at radius 3 is 2.58 bits per heavy atom. The van der Waals surface area contributed by atoms with E-state index in [1.54, 1.807) is 0 Å². The Morgan fingerprint density at radius 1 is 1.27 bits per heavy atom.